The summed E-state index contributed by atoms with van der Waals surface area (Å²) in [5.41, 5.74) is 7.27. The van der Waals surface area contributed by atoms with Crippen molar-refractivity contribution in [3.8, 4) is 0 Å². The van der Waals surface area contributed by atoms with Crippen molar-refractivity contribution in [1.82, 2.24) is 0 Å². The van der Waals surface area contributed by atoms with Gasteiger partial charge in [-0.05, 0) is 30.0 Å². The molecule has 0 atom stereocenters. The van der Waals surface area contributed by atoms with E-state index in [-0.39, 0.29) is 0 Å². The maximum Gasteiger partial charge on any atom is 0.0590 e. The molecule has 0 heterocycles. The first-order valence-electron chi connectivity index (χ1n) is 5.31. The number of hydrogen-bond acceptors (Lipinski definition) is 3. The predicted octanol–water partition coefficient (Wildman–Crippen LogP) is 2.69. The molecule has 0 saturated heterocycles. The zero-order valence-corrected chi connectivity index (χ0v) is 9.95. The zero-order valence-electron chi connectivity index (χ0n) is 9.95. The zero-order chi connectivity index (χ0) is 12.5. The fourth-order valence-corrected chi connectivity index (χ4v) is 1.25. The number of nitrogens with zero attached hydrogens (tertiary/aromatic N) is 2. The van der Waals surface area contributed by atoms with Crippen LogP contribution in [0.25, 0.3) is 0 Å². The molecule has 17 heavy (non-hydrogen) atoms. The van der Waals surface area contributed by atoms with E-state index in [2.05, 4.69) is 11.7 Å². The Bertz CT molecular complexity index is 430. The number of para-hydroxylation sites is 1. The molecule has 0 aliphatic rings. The van der Waals surface area contributed by atoms with Crippen LogP contribution in [-0.4, -0.2) is 13.3 Å². The summed E-state index contributed by atoms with van der Waals surface area (Å²) in [7, 11) is 1.89. The molecule has 88 valence electrons. The second-order valence-electron chi connectivity index (χ2n) is 3.37. The van der Waals surface area contributed by atoms with Gasteiger partial charge in [-0.2, -0.15) is 5.10 Å². The molecule has 0 fully saturated rings. The van der Waals surface area contributed by atoms with Crippen LogP contribution in [0.4, 0.5) is 5.69 Å². The molecule has 0 unspecified atom stereocenters. The average molecular weight is 227 g/mol. The molecule has 3 heteroatoms. The van der Waals surface area contributed by atoms with Crippen LogP contribution in [0.2, 0.25) is 0 Å². The largest absolute Gasteiger partial charge is 0.405 e. The Labute approximate surface area is 102 Å². The first kappa shape index (κ1) is 12.8. The van der Waals surface area contributed by atoms with Crippen LogP contribution in [0, 0.1) is 0 Å². The molecule has 0 aromatic heterocycles. The Balaban J connectivity index is 2.76. The van der Waals surface area contributed by atoms with Gasteiger partial charge >= 0.3 is 0 Å². The number of allylic oxidation sites excluding steroid dienone is 4. The molecule has 2 N–H and O–H groups in total. The third-order valence-corrected chi connectivity index (χ3v) is 2.11. The minimum Gasteiger partial charge on any atom is -0.405 e. The Morgan fingerprint density at radius 2 is 2.06 bits per heavy atom. The van der Waals surface area contributed by atoms with E-state index in [9.17, 15) is 0 Å². The Morgan fingerprint density at radius 3 is 2.65 bits per heavy atom. The molecule has 0 amide bonds. The fourth-order valence-electron chi connectivity index (χ4n) is 1.25. The minimum atomic E-state index is 0.894. The first-order valence-corrected chi connectivity index (χ1v) is 5.31. The number of rotatable bonds is 5. The summed E-state index contributed by atoms with van der Waals surface area (Å²) < 4.78 is 0. The highest BCUT2D eigenvalue weighted by atomic mass is 15.4. The van der Waals surface area contributed by atoms with Crippen LogP contribution < -0.4 is 10.7 Å². The molecule has 1 aromatic rings. The van der Waals surface area contributed by atoms with Crippen molar-refractivity contribution in [3.63, 3.8) is 0 Å². The minimum absolute atomic E-state index is 0.894. The first-order chi connectivity index (χ1) is 8.27. The Morgan fingerprint density at radius 1 is 1.35 bits per heavy atom. The molecule has 0 aliphatic carbocycles. The number of hydrogen-bond donors (Lipinski definition) is 1. The molecule has 0 bridgehead atoms. The maximum atomic E-state index is 5.35. The van der Waals surface area contributed by atoms with E-state index in [1.165, 1.54) is 6.20 Å². The SMILES string of the molecule is C=CC=C(C=CN)C=NN(C)c1ccccc1. The molecule has 0 radical (unpaired) electrons. The van der Waals surface area contributed by atoms with Crippen LogP contribution in [-0.2, 0) is 0 Å². The summed E-state index contributed by atoms with van der Waals surface area (Å²) in [4.78, 5) is 0. The second-order valence-corrected chi connectivity index (χ2v) is 3.37. The van der Waals surface area contributed by atoms with E-state index < -0.39 is 0 Å². The highest BCUT2D eigenvalue weighted by Crippen LogP contribution is 2.10. The lowest BCUT2D eigenvalue weighted by Gasteiger charge is -2.12. The van der Waals surface area contributed by atoms with Gasteiger partial charge in [0.15, 0.2) is 0 Å². The molecule has 0 spiro atoms. The van der Waals surface area contributed by atoms with Crippen LogP contribution >= 0.6 is 0 Å². The molecule has 1 aromatic carbocycles. The van der Waals surface area contributed by atoms with E-state index in [4.69, 9.17) is 5.73 Å². The van der Waals surface area contributed by atoms with E-state index in [0.717, 1.165) is 11.3 Å². The number of hydrazone groups is 1. The topological polar surface area (TPSA) is 41.6 Å². The third kappa shape index (κ3) is 4.38. The lowest BCUT2D eigenvalue weighted by Crippen LogP contribution is -2.08. The Kier molecular flexibility index (Phi) is 5.31. The highest BCUT2D eigenvalue weighted by Gasteiger charge is 1.95. The van der Waals surface area contributed by atoms with Crippen molar-refractivity contribution < 1.29 is 0 Å². The fraction of sp³-hybridized carbons (Fsp3) is 0.0714. The predicted molar refractivity (Wildman–Crippen MR) is 74.9 cm³/mol. The van der Waals surface area contributed by atoms with Gasteiger partial charge in [0.1, 0.15) is 0 Å². The standard InChI is InChI=1S/C14H17N3/c1-3-7-13(10-11-15)12-16-17(2)14-8-5-4-6-9-14/h3-12H,1,15H2,2H3. The van der Waals surface area contributed by atoms with Crippen molar-refractivity contribution in [3.05, 3.63) is 66.9 Å². The van der Waals surface area contributed by atoms with Crippen LogP contribution in [0.1, 0.15) is 0 Å². The van der Waals surface area contributed by atoms with Crippen molar-refractivity contribution in [2.45, 2.75) is 0 Å². The van der Waals surface area contributed by atoms with Crippen molar-refractivity contribution in [2.24, 2.45) is 10.8 Å². The number of nitrogens with two attached hydrogens (primary N) is 1. The van der Waals surface area contributed by atoms with Crippen molar-refractivity contribution >= 4 is 11.9 Å². The molecule has 0 saturated carbocycles. The summed E-state index contributed by atoms with van der Waals surface area (Å²) in [6.07, 6.45) is 8.52. The third-order valence-electron chi connectivity index (χ3n) is 2.11. The van der Waals surface area contributed by atoms with Crippen LogP contribution in [0.3, 0.4) is 0 Å². The smallest absolute Gasteiger partial charge is 0.0590 e. The van der Waals surface area contributed by atoms with Gasteiger partial charge < -0.3 is 5.73 Å². The van der Waals surface area contributed by atoms with E-state index in [0.29, 0.717) is 0 Å². The van der Waals surface area contributed by atoms with Gasteiger partial charge in [0.25, 0.3) is 0 Å². The maximum absolute atomic E-state index is 5.35. The summed E-state index contributed by atoms with van der Waals surface area (Å²) >= 11 is 0. The lowest BCUT2D eigenvalue weighted by molar-refractivity contribution is 1.02. The van der Waals surface area contributed by atoms with Gasteiger partial charge in [0.05, 0.1) is 11.9 Å². The van der Waals surface area contributed by atoms with E-state index >= 15 is 0 Å². The molecule has 0 aliphatic heterocycles. The van der Waals surface area contributed by atoms with E-state index in [1.54, 1.807) is 23.4 Å². The normalized spacial score (nSPS) is 12.2. The number of benzene rings is 1. The van der Waals surface area contributed by atoms with Crippen molar-refractivity contribution in [1.29, 1.82) is 0 Å². The second kappa shape index (κ2) is 7.06. The van der Waals surface area contributed by atoms with Gasteiger partial charge in [-0.1, -0.05) is 36.9 Å². The van der Waals surface area contributed by atoms with Gasteiger partial charge in [0.2, 0.25) is 0 Å². The van der Waals surface area contributed by atoms with Gasteiger partial charge in [0, 0.05) is 7.05 Å². The monoisotopic (exact) mass is 227 g/mol. The van der Waals surface area contributed by atoms with Gasteiger partial charge in [-0.3, -0.25) is 5.01 Å². The van der Waals surface area contributed by atoms with Gasteiger partial charge in [-0.25, -0.2) is 0 Å². The van der Waals surface area contributed by atoms with E-state index in [1.807, 2.05) is 43.5 Å². The Hall–Kier alpha value is -2.29. The molecule has 1 rings (SSSR count). The molecule has 3 nitrogen and oxygen atoms in total. The summed E-state index contributed by atoms with van der Waals surface area (Å²) in [6.45, 7) is 3.64. The quantitative estimate of drug-likeness (QED) is 0.477. The number of anilines is 1. The summed E-state index contributed by atoms with van der Waals surface area (Å²) in [6, 6.07) is 9.91. The molecular formula is C14H17N3. The average Bonchev–Trinajstić information content (AvgIpc) is 2.37. The van der Waals surface area contributed by atoms with Crippen molar-refractivity contribution in [2.75, 3.05) is 12.1 Å². The van der Waals surface area contributed by atoms with Crippen LogP contribution in [0.15, 0.2) is 72.0 Å². The molecular weight excluding hydrogens is 210 g/mol. The summed E-state index contributed by atoms with van der Waals surface area (Å²) in [5.74, 6) is 0. The summed E-state index contributed by atoms with van der Waals surface area (Å²) in [5, 5.41) is 6.11. The van der Waals surface area contributed by atoms with Crippen LogP contribution in [0.5, 0.6) is 0 Å². The highest BCUT2D eigenvalue weighted by molar-refractivity contribution is 5.83. The van der Waals surface area contributed by atoms with Gasteiger partial charge in [-0.15, -0.1) is 0 Å². The lowest BCUT2D eigenvalue weighted by atomic mass is 10.2.